The van der Waals surface area contributed by atoms with Crippen molar-refractivity contribution in [2.45, 2.75) is 25.7 Å². The second-order valence-corrected chi connectivity index (χ2v) is 10.5. The number of rotatable bonds is 8. The molecule has 4 N–H and O–H groups in total. The number of aromatic nitrogens is 4. The van der Waals surface area contributed by atoms with Gasteiger partial charge >= 0.3 is 0 Å². The van der Waals surface area contributed by atoms with Gasteiger partial charge in [-0.25, -0.2) is 0 Å². The molecule has 1 aliphatic heterocycles. The maximum absolute atomic E-state index is 6.11. The van der Waals surface area contributed by atoms with Crippen molar-refractivity contribution in [1.82, 2.24) is 19.9 Å². The number of halogens is 1. The molecule has 6 rings (SSSR count). The third-order valence-electron chi connectivity index (χ3n) is 6.74. The van der Waals surface area contributed by atoms with Crippen molar-refractivity contribution < 1.29 is 4.74 Å². The van der Waals surface area contributed by atoms with E-state index < -0.39 is 0 Å². The first-order valence-corrected chi connectivity index (χ1v) is 14.3. The van der Waals surface area contributed by atoms with Crippen molar-refractivity contribution in [1.29, 1.82) is 0 Å². The third kappa shape index (κ3) is 5.81. The summed E-state index contributed by atoms with van der Waals surface area (Å²) in [5.41, 5.74) is 6.45. The van der Waals surface area contributed by atoms with Gasteiger partial charge in [-0.2, -0.15) is 0 Å². The summed E-state index contributed by atoms with van der Waals surface area (Å²) in [7, 11) is 0. The van der Waals surface area contributed by atoms with Crippen molar-refractivity contribution >= 4 is 40.2 Å². The van der Waals surface area contributed by atoms with Gasteiger partial charge in [0.05, 0.1) is 6.61 Å². The largest absolute Gasteiger partial charge is 0.494 e. The highest BCUT2D eigenvalue weighted by molar-refractivity contribution is 9.09. The number of H-pyrrole nitrogens is 4. The highest BCUT2D eigenvalue weighted by Gasteiger charge is 2.10. The average molecular weight is 568 g/mol. The third-order valence-corrected chi connectivity index (χ3v) is 7.30. The minimum atomic E-state index is 0.743. The summed E-state index contributed by atoms with van der Waals surface area (Å²) in [6.07, 6.45) is 13.3. The molecule has 38 heavy (non-hydrogen) atoms. The van der Waals surface area contributed by atoms with E-state index in [2.05, 4.69) is 121 Å². The minimum Gasteiger partial charge on any atom is -0.494 e. The van der Waals surface area contributed by atoms with Crippen molar-refractivity contribution in [2.24, 2.45) is 0 Å². The molecule has 5 aromatic rings. The Hall–Kier alpha value is -3.90. The molecule has 1 aliphatic rings. The zero-order valence-corrected chi connectivity index (χ0v) is 22.8. The predicted octanol–water partition coefficient (Wildman–Crippen LogP) is 4.63. The molecule has 0 saturated carbocycles. The second kappa shape index (κ2) is 11.2. The fraction of sp³-hybridized carbons (Fsp3) is 0.188. The van der Waals surface area contributed by atoms with Crippen LogP contribution in [0.1, 0.15) is 48.5 Å². The Kier molecular flexibility index (Phi) is 7.22. The summed E-state index contributed by atoms with van der Waals surface area (Å²) >= 11 is 3.50. The number of nitrogens with one attached hydrogen (secondary N) is 4. The van der Waals surface area contributed by atoms with Gasteiger partial charge in [-0.3, -0.25) is 0 Å². The van der Waals surface area contributed by atoms with Gasteiger partial charge in [-0.1, -0.05) is 40.9 Å². The van der Waals surface area contributed by atoms with Crippen LogP contribution in [0.4, 0.5) is 0 Å². The lowest BCUT2D eigenvalue weighted by Crippen LogP contribution is -2.10. The SMILES string of the molecule is BrCCCCCCOc1cccc(-c2cc3[nH]c2C=c2ccc([nH]2)=Cc2ccc([nH]2)C=c2ccc([nH]2)=C3)c1. The zero-order valence-electron chi connectivity index (χ0n) is 21.2. The highest BCUT2D eigenvalue weighted by Crippen LogP contribution is 2.29. The van der Waals surface area contributed by atoms with Gasteiger partial charge in [0.2, 0.25) is 0 Å². The van der Waals surface area contributed by atoms with E-state index in [1.165, 1.54) is 19.3 Å². The first kappa shape index (κ1) is 24.4. The molecule has 0 unspecified atom stereocenters. The van der Waals surface area contributed by atoms with Crippen LogP contribution in [0.3, 0.4) is 0 Å². The molecule has 0 amide bonds. The molecule has 4 aromatic heterocycles. The topological polar surface area (TPSA) is 72.4 Å². The summed E-state index contributed by atoms with van der Waals surface area (Å²) in [5.74, 6) is 0.908. The molecule has 0 atom stereocenters. The van der Waals surface area contributed by atoms with Crippen LogP contribution in [0.25, 0.3) is 35.4 Å². The standard InChI is InChI=1S/C32H31BrN4O/c33-14-3-1-2-4-15-38-30-7-5-6-22(16-30)31-20-29-19-27-11-10-25(35-27)17-23-8-9-24(34-23)18-26-12-13-28(36-26)21-32(31)37-29/h5-13,16-21,34-37H,1-4,14-15H2. The highest BCUT2D eigenvalue weighted by atomic mass is 79.9. The number of benzene rings is 1. The van der Waals surface area contributed by atoms with Crippen LogP contribution in [0, 0.1) is 0 Å². The Balaban J connectivity index is 1.38. The molecule has 0 aliphatic carbocycles. The molecule has 0 spiro atoms. The molecule has 192 valence electrons. The van der Waals surface area contributed by atoms with Crippen molar-refractivity contribution in [3.05, 3.63) is 111 Å². The lowest BCUT2D eigenvalue weighted by Gasteiger charge is -2.08. The van der Waals surface area contributed by atoms with Crippen LogP contribution in [0.5, 0.6) is 5.75 Å². The molecular weight excluding hydrogens is 536 g/mol. The fourth-order valence-electron chi connectivity index (χ4n) is 4.87. The van der Waals surface area contributed by atoms with E-state index in [1.807, 2.05) is 6.07 Å². The van der Waals surface area contributed by atoms with Gasteiger partial charge in [0.25, 0.3) is 0 Å². The first-order valence-electron chi connectivity index (χ1n) is 13.2. The maximum Gasteiger partial charge on any atom is 0.119 e. The Labute approximate surface area is 229 Å². The van der Waals surface area contributed by atoms with E-state index in [1.54, 1.807) is 0 Å². The van der Waals surface area contributed by atoms with Gasteiger partial charge in [-0.15, -0.1) is 0 Å². The van der Waals surface area contributed by atoms with Crippen LogP contribution in [0.15, 0.2) is 66.7 Å². The van der Waals surface area contributed by atoms with E-state index in [0.29, 0.717) is 0 Å². The average Bonchev–Trinajstić information content (AvgIpc) is 3.72. The molecular formula is C32H31BrN4O. The van der Waals surface area contributed by atoms with E-state index in [9.17, 15) is 0 Å². The quantitative estimate of drug-likeness (QED) is 0.157. The summed E-state index contributed by atoms with van der Waals surface area (Å²) < 4.78 is 6.11. The van der Waals surface area contributed by atoms with Crippen molar-refractivity contribution in [3.8, 4) is 16.9 Å². The Morgan fingerprint density at radius 3 is 1.95 bits per heavy atom. The Morgan fingerprint density at radius 2 is 1.24 bits per heavy atom. The van der Waals surface area contributed by atoms with Crippen molar-refractivity contribution in [2.75, 3.05) is 11.9 Å². The van der Waals surface area contributed by atoms with Crippen molar-refractivity contribution in [3.63, 3.8) is 0 Å². The van der Waals surface area contributed by atoms with Gasteiger partial charge in [0.15, 0.2) is 0 Å². The van der Waals surface area contributed by atoms with Gasteiger partial charge < -0.3 is 24.7 Å². The van der Waals surface area contributed by atoms with E-state index in [-0.39, 0.29) is 0 Å². The van der Waals surface area contributed by atoms with Crippen LogP contribution in [0.2, 0.25) is 0 Å². The number of unbranched alkanes of at least 4 members (excludes halogenated alkanes) is 3. The lowest BCUT2D eigenvalue weighted by molar-refractivity contribution is 0.305. The van der Waals surface area contributed by atoms with Gasteiger partial charge in [0.1, 0.15) is 5.75 Å². The normalized spacial score (nSPS) is 12.2. The molecule has 6 heteroatoms. The van der Waals surface area contributed by atoms with Crippen LogP contribution in [-0.2, 0) is 0 Å². The second-order valence-electron chi connectivity index (χ2n) is 9.72. The Bertz CT molecular complexity index is 1780. The smallest absolute Gasteiger partial charge is 0.119 e. The van der Waals surface area contributed by atoms with Crippen LogP contribution in [-0.4, -0.2) is 31.9 Å². The van der Waals surface area contributed by atoms with E-state index in [4.69, 9.17) is 4.74 Å². The first-order chi connectivity index (χ1) is 18.7. The lowest BCUT2D eigenvalue weighted by atomic mass is 10.0. The number of ether oxygens (including phenoxy) is 1. The molecule has 8 bridgehead atoms. The number of aromatic amines is 4. The summed E-state index contributed by atoms with van der Waals surface area (Å²) in [5, 5.41) is 5.25. The fourth-order valence-corrected chi connectivity index (χ4v) is 5.26. The zero-order chi connectivity index (χ0) is 25.7. The van der Waals surface area contributed by atoms with Gasteiger partial charge in [0, 0.05) is 55.1 Å². The molecule has 0 radical (unpaired) electrons. The number of hydrogen-bond donors (Lipinski definition) is 4. The predicted molar refractivity (Wildman–Crippen MR) is 159 cm³/mol. The summed E-state index contributed by atoms with van der Waals surface area (Å²) in [6, 6.07) is 23.2. The van der Waals surface area contributed by atoms with Crippen LogP contribution >= 0.6 is 15.9 Å². The number of fused-ring (bicyclic) bond motifs is 8. The minimum absolute atomic E-state index is 0.743. The molecule has 0 fully saturated rings. The van der Waals surface area contributed by atoms with Crippen LogP contribution < -0.4 is 26.1 Å². The monoisotopic (exact) mass is 566 g/mol. The maximum atomic E-state index is 6.11. The molecule has 5 nitrogen and oxygen atoms in total. The molecule has 1 aromatic carbocycles. The number of alkyl halides is 1. The number of hydrogen-bond acceptors (Lipinski definition) is 1. The van der Waals surface area contributed by atoms with E-state index >= 15 is 0 Å². The molecule has 5 heterocycles. The molecule has 0 saturated heterocycles. The summed E-state index contributed by atoms with van der Waals surface area (Å²) in [6.45, 7) is 0.743. The Morgan fingerprint density at radius 1 is 0.579 bits per heavy atom. The summed E-state index contributed by atoms with van der Waals surface area (Å²) in [4.78, 5) is 14.1. The van der Waals surface area contributed by atoms with E-state index in [0.717, 1.165) is 79.4 Å². The van der Waals surface area contributed by atoms with Gasteiger partial charge in [-0.05, 0) is 97.3 Å².